The maximum absolute atomic E-state index is 12.7. The number of nitrogens with one attached hydrogen (secondary N) is 2. The minimum absolute atomic E-state index is 0.112. The molecule has 2 amide bonds. The number of imidazole rings is 1. The molecule has 0 aliphatic heterocycles. The van der Waals surface area contributed by atoms with Gasteiger partial charge in [-0.1, -0.05) is 86.1 Å². The zero-order valence-corrected chi connectivity index (χ0v) is 25.6. The number of aromatic nitrogens is 2. The van der Waals surface area contributed by atoms with E-state index in [1.54, 1.807) is 42.5 Å². The van der Waals surface area contributed by atoms with E-state index in [1.165, 1.54) is 6.42 Å². The average Bonchev–Trinajstić information content (AvgIpc) is 3.32. The quantitative estimate of drug-likeness (QED) is 0.156. The van der Waals surface area contributed by atoms with Crippen molar-refractivity contribution in [2.75, 3.05) is 5.32 Å². The summed E-state index contributed by atoms with van der Waals surface area (Å²) in [6, 6.07) is 17.9. The third kappa shape index (κ3) is 7.61. The van der Waals surface area contributed by atoms with Crippen molar-refractivity contribution in [1.29, 1.82) is 0 Å². The van der Waals surface area contributed by atoms with Gasteiger partial charge in [-0.05, 0) is 55.2 Å². The van der Waals surface area contributed by atoms with Gasteiger partial charge in [0.2, 0.25) is 6.10 Å². The van der Waals surface area contributed by atoms with E-state index in [9.17, 15) is 14.7 Å². The number of hydrogen-bond donors (Lipinski definition) is 3. The fourth-order valence-corrected chi connectivity index (χ4v) is 6.18. The van der Waals surface area contributed by atoms with E-state index in [0.717, 1.165) is 67.4 Å². The van der Waals surface area contributed by atoms with Gasteiger partial charge in [0.25, 0.3) is 0 Å². The molecule has 10 heteroatoms. The standard InChI is InChI=1S/C33H36Cl2N4O4/c1-2-3-14-29-38-27-16-15-24(37-33(42)36-23-12-8-5-9-13-23)19-28(27)39(29)20-21-17-25(34)31(26(35)18-21)43-30(32(40)41)22-10-6-4-7-11-22/h4,6-7,10-11,15-19,23,30H,2-3,5,8-9,12-14,20H2,1H3,(H,40,41)(H2,36,37,42). The lowest BCUT2D eigenvalue weighted by atomic mass is 9.96. The number of carbonyl (C=O) groups excluding carboxylic acids is 1. The van der Waals surface area contributed by atoms with Crippen LogP contribution in [-0.4, -0.2) is 32.7 Å². The first-order chi connectivity index (χ1) is 20.8. The molecule has 1 aliphatic carbocycles. The number of fused-ring (bicyclic) bond motifs is 1. The summed E-state index contributed by atoms with van der Waals surface area (Å²) in [6.07, 6.45) is 7.06. The summed E-state index contributed by atoms with van der Waals surface area (Å²) in [7, 11) is 0. The first-order valence-electron chi connectivity index (χ1n) is 14.8. The highest BCUT2D eigenvalue weighted by Gasteiger charge is 2.25. The van der Waals surface area contributed by atoms with Gasteiger partial charge >= 0.3 is 12.0 Å². The summed E-state index contributed by atoms with van der Waals surface area (Å²) < 4.78 is 7.95. The molecule has 0 spiro atoms. The van der Waals surface area contributed by atoms with Crippen molar-refractivity contribution in [3.8, 4) is 5.75 Å². The zero-order chi connectivity index (χ0) is 30.3. The highest BCUT2D eigenvalue weighted by molar-refractivity contribution is 6.37. The molecule has 1 atom stereocenters. The van der Waals surface area contributed by atoms with E-state index in [2.05, 4.69) is 22.1 Å². The number of hydrogen-bond acceptors (Lipinski definition) is 4. The van der Waals surface area contributed by atoms with Crippen LogP contribution in [0.1, 0.15) is 74.9 Å². The monoisotopic (exact) mass is 622 g/mol. The van der Waals surface area contributed by atoms with Gasteiger partial charge in [-0.15, -0.1) is 0 Å². The van der Waals surface area contributed by atoms with Gasteiger partial charge in [0, 0.05) is 30.3 Å². The smallest absolute Gasteiger partial charge is 0.349 e. The molecule has 1 aliphatic rings. The molecule has 5 rings (SSSR count). The molecule has 3 aromatic carbocycles. The van der Waals surface area contributed by atoms with E-state index in [4.69, 9.17) is 32.9 Å². The number of urea groups is 1. The minimum Gasteiger partial charge on any atom is -0.478 e. The van der Waals surface area contributed by atoms with Crippen LogP contribution < -0.4 is 15.4 Å². The van der Waals surface area contributed by atoms with Gasteiger partial charge in [-0.2, -0.15) is 0 Å². The number of amides is 2. The highest BCUT2D eigenvalue weighted by atomic mass is 35.5. The summed E-state index contributed by atoms with van der Waals surface area (Å²) in [5.41, 5.74) is 3.68. The van der Waals surface area contributed by atoms with Crippen LogP contribution in [0.15, 0.2) is 60.7 Å². The zero-order valence-electron chi connectivity index (χ0n) is 24.1. The number of aryl methyl sites for hydroxylation is 1. The molecular weight excluding hydrogens is 587 g/mol. The summed E-state index contributed by atoms with van der Waals surface area (Å²) >= 11 is 13.3. The van der Waals surface area contributed by atoms with E-state index < -0.39 is 12.1 Å². The molecular formula is C33H36Cl2N4O4. The second-order valence-corrected chi connectivity index (χ2v) is 11.8. The second kappa shape index (κ2) is 14.1. The van der Waals surface area contributed by atoms with E-state index in [0.29, 0.717) is 17.8 Å². The number of rotatable bonds is 11. The number of aliphatic carboxylic acids is 1. The number of ether oxygens (including phenoxy) is 1. The van der Waals surface area contributed by atoms with Gasteiger partial charge in [0.1, 0.15) is 5.82 Å². The molecule has 226 valence electrons. The van der Waals surface area contributed by atoms with Crippen molar-refractivity contribution in [3.63, 3.8) is 0 Å². The summed E-state index contributed by atoms with van der Waals surface area (Å²) in [4.78, 5) is 29.6. The van der Waals surface area contributed by atoms with Crippen molar-refractivity contribution >= 4 is 51.9 Å². The molecule has 43 heavy (non-hydrogen) atoms. The first-order valence-corrected chi connectivity index (χ1v) is 15.6. The van der Waals surface area contributed by atoms with Gasteiger partial charge in [0.15, 0.2) is 5.75 Å². The number of anilines is 1. The molecule has 0 bridgehead atoms. The van der Waals surface area contributed by atoms with Crippen LogP contribution >= 0.6 is 23.2 Å². The molecule has 8 nitrogen and oxygen atoms in total. The maximum Gasteiger partial charge on any atom is 0.349 e. The lowest BCUT2D eigenvalue weighted by molar-refractivity contribution is -0.145. The van der Waals surface area contributed by atoms with Gasteiger partial charge in [-0.25, -0.2) is 14.6 Å². The number of halogens is 2. The van der Waals surface area contributed by atoms with Gasteiger partial charge in [-0.3, -0.25) is 0 Å². The van der Waals surface area contributed by atoms with Crippen LogP contribution in [-0.2, 0) is 17.8 Å². The Morgan fingerprint density at radius 2 is 1.77 bits per heavy atom. The number of carboxylic acids is 1. The molecule has 3 N–H and O–H groups in total. The van der Waals surface area contributed by atoms with Crippen molar-refractivity contribution in [2.24, 2.45) is 0 Å². The SMILES string of the molecule is CCCCc1nc2ccc(NC(=O)NC3CCCCC3)cc2n1Cc1cc(Cl)c(OC(C(=O)O)c2ccccc2)c(Cl)c1. The Hall–Kier alpha value is -3.75. The Kier molecular flexibility index (Phi) is 10.1. The number of carbonyl (C=O) groups is 2. The Morgan fingerprint density at radius 3 is 2.44 bits per heavy atom. The summed E-state index contributed by atoms with van der Waals surface area (Å²) in [5, 5.41) is 16.3. The van der Waals surface area contributed by atoms with Gasteiger partial charge < -0.3 is 25.0 Å². The molecule has 0 saturated heterocycles. The highest BCUT2D eigenvalue weighted by Crippen LogP contribution is 2.38. The van der Waals surface area contributed by atoms with Crippen LogP contribution in [0.4, 0.5) is 10.5 Å². The second-order valence-electron chi connectivity index (χ2n) is 11.0. The van der Waals surface area contributed by atoms with Crippen LogP contribution in [0.2, 0.25) is 10.0 Å². The van der Waals surface area contributed by atoms with Gasteiger partial charge in [0.05, 0.1) is 21.1 Å². The van der Waals surface area contributed by atoms with Crippen LogP contribution in [0.5, 0.6) is 5.75 Å². The lowest BCUT2D eigenvalue weighted by Gasteiger charge is -2.22. The van der Waals surface area contributed by atoms with Crippen LogP contribution in [0.25, 0.3) is 11.0 Å². The van der Waals surface area contributed by atoms with Crippen LogP contribution in [0, 0.1) is 0 Å². The Labute approximate surface area is 261 Å². The number of nitrogens with zero attached hydrogens (tertiary/aromatic N) is 2. The summed E-state index contributed by atoms with van der Waals surface area (Å²) in [5.74, 6) is -0.117. The number of carboxylic acid groups (broad SMARTS) is 1. The molecule has 1 saturated carbocycles. The fourth-order valence-electron chi connectivity index (χ4n) is 5.56. The Bertz CT molecular complexity index is 1560. The van der Waals surface area contributed by atoms with Crippen molar-refractivity contribution in [2.45, 2.75) is 77.0 Å². The molecule has 1 unspecified atom stereocenters. The third-order valence-electron chi connectivity index (χ3n) is 7.74. The van der Waals surface area contributed by atoms with Crippen molar-refractivity contribution < 1.29 is 19.4 Å². The molecule has 1 heterocycles. The normalized spacial score (nSPS) is 14.4. The minimum atomic E-state index is -1.26. The van der Waals surface area contributed by atoms with Crippen molar-refractivity contribution in [1.82, 2.24) is 14.9 Å². The predicted octanol–water partition coefficient (Wildman–Crippen LogP) is 8.39. The third-order valence-corrected chi connectivity index (χ3v) is 8.30. The molecule has 1 aromatic heterocycles. The van der Waals surface area contributed by atoms with E-state index >= 15 is 0 Å². The maximum atomic E-state index is 12.7. The van der Waals surface area contributed by atoms with E-state index in [-0.39, 0.29) is 27.9 Å². The average molecular weight is 624 g/mol. The Balaban J connectivity index is 1.40. The first kappa shape index (κ1) is 30.7. The number of unbranched alkanes of at least 4 members (excludes halogenated alkanes) is 1. The van der Waals surface area contributed by atoms with Crippen LogP contribution in [0.3, 0.4) is 0 Å². The Morgan fingerprint density at radius 1 is 1.05 bits per heavy atom. The lowest BCUT2D eigenvalue weighted by Crippen LogP contribution is -2.39. The molecule has 1 fully saturated rings. The topological polar surface area (TPSA) is 105 Å². The number of benzene rings is 3. The van der Waals surface area contributed by atoms with Crippen molar-refractivity contribution in [3.05, 3.63) is 87.7 Å². The van der Waals surface area contributed by atoms with E-state index in [1.807, 2.05) is 18.2 Å². The molecule has 0 radical (unpaired) electrons. The molecule has 4 aromatic rings. The summed E-state index contributed by atoms with van der Waals surface area (Å²) in [6.45, 7) is 2.56. The largest absolute Gasteiger partial charge is 0.478 e. The predicted molar refractivity (Wildman–Crippen MR) is 170 cm³/mol. The fraction of sp³-hybridized carbons (Fsp3) is 0.364.